The number of cyclic esters (lactones) is 1. The van der Waals surface area contributed by atoms with Gasteiger partial charge in [-0.25, -0.2) is 14.5 Å². The number of benzene rings is 1. The van der Waals surface area contributed by atoms with Crippen LogP contribution in [0.25, 0.3) is 6.08 Å². The number of imide groups is 1. The Morgan fingerprint density at radius 3 is 2.61 bits per heavy atom. The lowest BCUT2D eigenvalue weighted by atomic mass is 9.90. The van der Waals surface area contributed by atoms with Crippen LogP contribution >= 0.6 is 0 Å². The molecule has 8 nitrogen and oxygen atoms in total. The van der Waals surface area contributed by atoms with Crippen molar-refractivity contribution < 1.29 is 23.9 Å². The van der Waals surface area contributed by atoms with E-state index in [0.717, 1.165) is 41.7 Å². The van der Waals surface area contributed by atoms with Gasteiger partial charge < -0.3 is 9.47 Å². The zero-order valence-corrected chi connectivity index (χ0v) is 18.1. The van der Waals surface area contributed by atoms with Gasteiger partial charge in [0.2, 0.25) is 5.91 Å². The molecule has 3 atom stereocenters. The van der Waals surface area contributed by atoms with Crippen LogP contribution in [0.4, 0.5) is 9.59 Å². The molecule has 170 valence electrons. The van der Waals surface area contributed by atoms with Crippen LogP contribution < -0.4 is 0 Å². The molecule has 33 heavy (non-hydrogen) atoms. The third-order valence-electron chi connectivity index (χ3n) is 6.44. The molecule has 0 radical (unpaired) electrons. The molecular formula is C25H25N3O5. The Bertz CT molecular complexity index is 1050. The fourth-order valence-electron chi connectivity index (χ4n) is 4.73. The van der Waals surface area contributed by atoms with E-state index in [9.17, 15) is 14.4 Å². The van der Waals surface area contributed by atoms with Gasteiger partial charge in [-0.05, 0) is 42.9 Å². The van der Waals surface area contributed by atoms with E-state index in [0.29, 0.717) is 0 Å². The van der Waals surface area contributed by atoms with Gasteiger partial charge in [0.1, 0.15) is 18.9 Å². The van der Waals surface area contributed by atoms with Gasteiger partial charge in [-0.1, -0.05) is 48.6 Å². The maximum absolute atomic E-state index is 13.1. The van der Waals surface area contributed by atoms with Crippen LogP contribution in [0.2, 0.25) is 0 Å². The molecule has 2 aromatic rings. The van der Waals surface area contributed by atoms with Crippen LogP contribution in [0.15, 0.2) is 60.9 Å². The second kappa shape index (κ2) is 9.05. The van der Waals surface area contributed by atoms with Crippen LogP contribution in [-0.2, 0) is 14.3 Å². The van der Waals surface area contributed by atoms with Gasteiger partial charge in [0.25, 0.3) is 0 Å². The number of amides is 3. The van der Waals surface area contributed by atoms with Gasteiger partial charge in [-0.2, -0.15) is 0 Å². The van der Waals surface area contributed by atoms with E-state index in [1.54, 1.807) is 30.6 Å². The molecule has 3 aliphatic rings. The predicted octanol–water partition coefficient (Wildman–Crippen LogP) is 4.15. The minimum atomic E-state index is -0.820. The van der Waals surface area contributed by atoms with E-state index in [1.165, 1.54) is 4.90 Å². The van der Waals surface area contributed by atoms with Crippen molar-refractivity contribution in [3.63, 3.8) is 0 Å². The molecule has 1 aliphatic carbocycles. The minimum absolute atomic E-state index is 0.151. The lowest BCUT2D eigenvalue weighted by Gasteiger charge is -2.48. The van der Waals surface area contributed by atoms with E-state index < -0.39 is 36.2 Å². The van der Waals surface area contributed by atoms with Gasteiger partial charge >= 0.3 is 12.2 Å². The number of pyridine rings is 1. The van der Waals surface area contributed by atoms with Gasteiger partial charge in [-0.15, -0.1) is 0 Å². The van der Waals surface area contributed by atoms with E-state index in [1.807, 2.05) is 36.4 Å². The lowest BCUT2D eigenvalue weighted by Crippen LogP contribution is -2.69. The second-order valence-corrected chi connectivity index (χ2v) is 8.49. The molecule has 3 fully saturated rings. The number of aromatic nitrogens is 1. The number of hydrogen-bond acceptors (Lipinski definition) is 6. The molecular weight excluding hydrogens is 422 g/mol. The average Bonchev–Trinajstić information content (AvgIpc) is 3.48. The van der Waals surface area contributed by atoms with E-state index in [-0.39, 0.29) is 12.7 Å². The number of rotatable bonds is 5. The first-order valence-corrected chi connectivity index (χ1v) is 11.3. The first kappa shape index (κ1) is 21.2. The largest absolute Gasteiger partial charge is 0.447 e. The van der Waals surface area contributed by atoms with Crippen molar-refractivity contribution in [3.05, 3.63) is 72.1 Å². The van der Waals surface area contributed by atoms with Crippen molar-refractivity contribution in [2.24, 2.45) is 5.92 Å². The third-order valence-corrected chi connectivity index (χ3v) is 6.44. The summed E-state index contributed by atoms with van der Waals surface area (Å²) in [7, 11) is 0. The van der Waals surface area contributed by atoms with Crippen LogP contribution in [0.1, 0.15) is 42.9 Å². The van der Waals surface area contributed by atoms with E-state index in [4.69, 9.17) is 9.47 Å². The maximum Gasteiger partial charge on any atom is 0.418 e. The Kier molecular flexibility index (Phi) is 5.81. The fraction of sp³-hybridized carbons (Fsp3) is 0.360. The van der Waals surface area contributed by atoms with E-state index in [2.05, 4.69) is 4.98 Å². The molecule has 1 saturated carbocycles. The lowest BCUT2D eigenvalue weighted by molar-refractivity contribution is -0.159. The first-order chi connectivity index (χ1) is 16.1. The van der Waals surface area contributed by atoms with Crippen molar-refractivity contribution in [1.82, 2.24) is 14.8 Å². The van der Waals surface area contributed by atoms with Gasteiger partial charge in [0.05, 0.1) is 12.0 Å². The number of likely N-dealkylation sites (tertiary alicyclic amines) is 1. The van der Waals surface area contributed by atoms with Crippen molar-refractivity contribution in [2.45, 2.75) is 44.0 Å². The van der Waals surface area contributed by atoms with Gasteiger partial charge in [-0.3, -0.25) is 14.7 Å². The smallest absolute Gasteiger partial charge is 0.418 e. The Morgan fingerprint density at radius 1 is 1.09 bits per heavy atom. The first-order valence-electron chi connectivity index (χ1n) is 11.3. The molecule has 0 N–H and O–H groups in total. The zero-order chi connectivity index (χ0) is 22.8. The van der Waals surface area contributed by atoms with Crippen LogP contribution in [-0.4, -0.2) is 51.8 Å². The molecule has 0 spiro atoms. The Hall–Kier alpha value is -3.68. The quantitative estimate of drug-likeness (QED) is 0.640. The Morgan fingerprint density at radius 2 is 1.88 bits per heavy atom. The van der Waals surface area contributed by atoms with E-state index >= 15 is 0 Å². The fourth-order valence-corrected chi connectivity index (χ4v) is 4.73. The molecule has 2 saturated heterocycles. The van der Waals surface area contributed by atoms with Crippen LogP contribution in [0.5, 0.6) is 0 Å². The third kappa shape index (κ3) is 4.08. The van der Waals surface area contributed by atoms with Crippen molar-refractivity contribution in [1.29, 1.82) is 0 Å². The summed E-state index contributed by atoms with van der Waals surface area (Å²) < 4.78 is 11.0. The maximum atomic E-state index is 13.1. The molecule has 5 rings (SSSR count). The van der Waals surface area contributed by atoms with Crippen molar-refractivity contribution in [2.75, 3.05) is 6.61 Å². The molecule has 2 aliphatic heterocycles. The number of β-lactam (4-membered cyclic amide) rings is 1. The summed E-state index contributed by atoms with van der Waals surface area (Å²) in [6.07, 6.45) is 8.17. The number of carbonyl (C=O) groups is 3. The monoisotopic (exact) mass is 447 g/mol. The summed E-state index contributed by atoms with van der Waals surface area (Å²) in [6.45, 7) is 0.151. The molecule has 1 aromatic carbocycles. The summed E-state index contributed by atoms with van der Waals surface area (Å²) in [5, 5.41) is 0. The highest BCUT2D eigenvalue weighted by Crippen LogP contribution is 2.40. The normalized spacial score (nSPS) is 25.4. The van der Waals surface area contributed by atoms with Gasteiger partial charge in [0.15, 0.2) is 0 Å². The van der Waals surface area contributed by atoms with Crippen molar-refractivity contribution >= 4 is 24.2 Å². The molecule has 0 bridgehead atoms. The molecule has 0 unspecified atom stereocenters. The minimum Gasteiger partial charge on any atom is -0.447 e. The summed E-state index contributed by atoms with van der Waals surface area (Å²) in [6, 6.07) is 12.7. The zero-order valence-electron chi connectivity index (χ0n) is 18.1. The Balaban J connectivity index is 1.45. The highest BCUT2D eigenvalue weighted by atomic mass is 16.6. The second-order valence-electron chi connectivity index (χ2n) is 8.49. The highest BCUT2D eigenvalue weighted by Gasteiger charge is 2.58. The average molecular weight is 447 g/mol. The standard InChI is InChI=1S/C25H25N3O5/c29-23-20(13-12-17-7-6-14-26-15-17)22(28(23)25(31)33-19-10-4-5-11-19)27-21(16-32-24(27)30)18-8-2-1-3-9-18/h1-3,6-9,12-15,19-22H,4-5,10-11,16H2/t20-,21-,22-/m1/s1. The topological polar surface area (TPSA) is 89.0 Å². The summed E-state index contributed by atoms with van der Waals surface area (Å²) in [4.78, 5) is 45.5. The molecule has 8 heteroatoms. The number of carbonyl (C=O) groups excluding carboxylic acids is 3. The number of nitrogens with zero attached hydrogens (tertiary/aromatic N) is 3. The molecule has 3 amide bonds. The van der Waals surface area contributed by atoms with Gasteiger partial charge in [0, 0.05) is 12.4 Å². The summed E-state index contributed by atoms with van der Waals surface area (Å²) >= 11 is 0. The SMILES string of the molecule is O=C(OC1CCCC1)N1C(=O)[C@H](C=Cc2cccnc2)[C@@H]1N1C(=O)OC[C@@H]1c1ccccc1. The molecule has 3 heterocycles. The predicted molar refractivity (Wildman–Crippen MR) is 119 cm³/mol. The summed E-state index contributed by atoms with van der Waals surface area (Å²) in [5.74, 6) is -1.09. The van der Waals surface area contributed by atoms with Crippen molar-refractivity contribution in [3.8, 4) is 0 Å². The highest BCUT2D eigenvalue weighted by molar-refractivity contribution is 6.01. The summed E-state index contributed by atoms with van der Waals surface area (Å²) in [5.41, 5.74) is 1.70. The number of hydrogen-bond donors (Lipinski definition) is 0. The van der Waals surface area contributed by atoms with Crippen LogP contribution in [0, 0.1) is 5.92 Å². The van der Waals surface area contributed by atoms with Crippen LogP contribution in [0.3, 0.4) is 0 Å². The number of ether oxygens (including phenoxy) is 2. The molecule has 1 aromatic heterocycles. The Labute approximate surface area is 191 Å².